The standard InChI is InChI=1S/C15H32N2/c1-13-5-7-14(8-6-13)9-10-16-11-12-17-15(2,3)4/h13-14,16-17H,5-12H2,1-4H3. The van der Waals surface area contributed by atoms with Crippen LogP contribution in [0.15, 0.2) is 0 Å². The maximum absolute atomic E-state index is 3.55. The number of rotatable bonds is 6. The minimum absolute atomic E-state index is 0.251. The van der Waals surface area contributed by atoms with Crippen molar-refractivity contribution in [3.63, 3.8) is 0 Å². The molecule has 0 amide bonds. The highest BCUT2D eigenvalue weighted by Crippen LogP contribution is 2.29. The van der Waals surface area contributed by atoms with Crippen LogP contribution in [0.25, 0.3) is 0 Å². The first kappa shape index (κ1) is 15.0. The fourth-order valence-corrected chi connectivity index (χ4v) is 2.57. The predicted octanol–water partition coefficient (Wildman–Crippen LogP) is 3.18. The quantitative estimate of drug-likeness (QED) is 0.697. The Morgan fingerprint density at radius 1 is 0.941 bits per heavy atom. The van der Waals surface area contributed by atoms with Crippen molar-refractivity contribution in [2.45, 2.75) is 65.3 Å². The van der Waals surface area contributed by atoms with Crippen molar-refractivity contribution in [3.8, 4) is 0 Å². The number of hydrogen-bond donors (Lipinski definition) is 2. The molecule has 102 valence electrons. The summed E-state index contributed by atoms with van der Waals surface area (Å²) >= 11 is 0. The Hall–Kier alpha value is -0.0800. The van der Waals surface area contributed by atoms with E-state index in [9.17, 15) is 0 Å². The summed E-state index contributed by atoms with van der Waals surface area (Å²) in [7, 11) is 0. The van der Waals surface area contributed by atoms with E-state index < -0.39 is 0 Å². The molecule has 2 heteroatoms. The molecule has 2 nitrogen and oxygen atoms in total. The molecule has 1 saturated carbocycles. The second-order valence-electron chi connectivity index (χ2n) is 6.84. The van der Waals surface area contributed by atoms with Crippen molar-refractivity contribution in [1.29, 1.82) is 0 Å². The molecule has 0 aromatic heterocycles. The Bertz CT molecular complexity index is 188. The monoisotopic (exact) mass is 240 g/mol. The van der Waals surface area contributed by atoms with Crippen LogP contribution in [0.3, 0.4) is 0 Å². The zero-order valence-corrected chi connectivity index (χ0v) is 12.3. The summed E-state index contributed by atoms with van der Waals surface area (Å²) in [5.74, 6) is 1.98. The molecule has 0 aromatic rings. The first-order valence-corrected chi connectivity index (χ1v) is 7.43. The van der Waals surface area contributed by atoms with Gasteiger partial charge in [0.15, 0.2) is 0 Å². The topological polar surface area (TPSA) is 24.1 Å². The maximum Gasteiger partial charge on any atom is 0.00970 e. The Morgan fingerprint density at radius 2 is 1.59 bits per heavy atom. The van der Waals surface area contributed by atoms with E-state index in [1.54, 1.807) is 0 Å². The second kappa shape index (κ2) is 7.38. The summed E-state index contributed by atoms with van der Waals surface area (Å²) in [5, 5.41) is 7.06. The van der Waals surface area contributed by atoms with E-state index in [2.05, 4.69) is 38.3 Å². The van der Waals surface area contributed by atoms with Crippen LogP contribution in [0.5, 0.6) is 0 Å². The van der Waals surface area contributed by atoms with Gasteiger partial charge in [-0.15, -0.1) is 0 Å². The van der Waals surface area contributed by atoms with E-state index in [4.69, 9.17) is 0 Å². The van der Waals surface area contributed by atoms with Crippen LogP contribution in [-0.4, -0.2) is 25.2 Å². The summed E-state index contributed by atoms with van der Waals surface area (Å²) in [6, 6.07) is 0. The Labute approximate surface area is 108 Å². The summed E-state index contributed by atoms with van der Waals surface area (Å²) in [6.45, 7) is 12.4. The lowest BCUT2D eigenvalue weighted by molar-refractivity contribution is 0.275. The summed E-state index contributed by atoms with van der Waals surface area (Å²) in [6.07, 6.45) is 7.21. The third-order valence-electron chi connectivity index (χ3n) is 3.82. The number of hydrogen-bond acceptors (Lipinski definition) is 2. The predicted molar refractivity (Wildman–Crippen MR) is 76.4 cm³/mol. The van der Waals surface area contributed by atoms with Crippen molar-refractivity contribution >= 4 is 0 Å². The Morgan fingerprint density at radius 3 is 2.18 bits per heavy atom. The van der Waals surface area contributed by atoms with Gasteiger partial charge in [0.05, 0.1) is 0 Å². The second-order valence-corrected chi connectivity index (χ2v) is 6.84. The van der Waals surface area contributed by atoms with E-state index >= 15 is 0 Å². The molecular weight excluding hydrogens is 208 g/mol. The third kappa shape index (κ3) is 7.77. The van der Waals surface area contributed by atoms with Gasteiger partial charge in [0, 0.05) is 18.6 Å². The van der Waals surface area contributed by atoms with Crippen molar-refractivity contribution in [3.05, 3.63) is 0 Å². The molecule has 0 radical (unpaired) electrons. The normalized spacial score (nSPS) is 26.1. The molecule has 1 aliphatic rings. The molecule has 0 aromatic carbocycles. The van der Waals surface area contributed by atoms with Crippen molar-refractivity contribution < 1.29 is 0 Å². The van der Waals surface area contributed by atoms with Crippen molar-refractivity contribution in [2.24, 2.45) is 11.8 Å². The van der Waals surface area contributed by atoms with Crippen LogP contribution >= 0.6 is 0 Å². The fourth-order valence-electron chi connectivity index (χ4n) is 2.57. The summed E-state index contributed by atoms with van der Waals surface area (Å²) < 4.78 is 0. The van der Waals surface area contributed by atoms with Gasteiger partial charge >= 0.3 is 0 Å². The highest BCUT2D eigenvalue weighted by Gasteiger charge is 2.17. The zero-order valence-electron chi connectivity index (χ0n) is 12.3. The van der Waals surface area contributed by atoms with Crippen LogP contribution < -0.4 is 10.6 Å². The molecule has 0 bridgehead atoms. The van der Waals surface area contributed by atoms with Gasteiger partial charge in [-0.2, -0.15) is 0 Å². The molecule has 0 aliphatic heterocycles. The Balaban J connectivity index is 1.91. The van der Waals surface area contributed by atoms with Gasteiger partial charge in [-0.05, 0) is 45.6 Å². The van der Waals surface area contributed by atoms with Gasteiger partial charge in [-0.25, -0.2) is 0 Å². The Kier molecular flexibility index (Phi) is 6.50. The first-order chi connectivity index (χ1) is 7.97. The molecule has 0 saturated heterocycles. The summed E-state index contributed by atoms with van der Waals surface area (Å²) in [4.78, 5) is 0. The lowest BCUT2D eigenvalue weighted by atomic mass is 9.81. The third-order valence-corrected chi connectivity index (χ3v) is 3.82. The molecule has 0 atom stereocenters. The summed E-state index contributed by atoms with van der Waals surface area (Å²) in [5.41, 5.74) is 0.251. The van der Waals surface area contributed by atoms with E-state index in [0.717, 1.165) is 24.9 Å². The SMILES string of the molecule is CC1CCC(CCNCCNC(C)(C)C)CC1. The smallest absolute Gasteiger partial charge is 0.00970 e. The molecule has 1 rings (SSSR count). The first-order valence-electron chi connectivity index (χ1n) is 7.43. The van der Waals surface area contributed by atoms with Gasteiger partial charge in [0.1, 0.15) is 0 Å². The van der Waals surface area contributed by atoms with Crippen LogP contribution in [-0.2, 0) is 0 Å². The van der Waals surface area contributed by atoms with Crippen molar-refractivity contribution in [2.75, 3.05) is 19.6 Å². The average Bonchev–Trinajstić information content (AvgIpc) is 2.24. The minimum atomic E-state index is 0.251. The number of nitrogens with one attached hydrogen (secondary N) is 2. The van der Waals surface area contributed by atoms with E-state index in [0.29, 0.717) is 0 Å². The maximum atomic E-state index is 3.55. The van der Waals surface area contributed by atoms with E-state index in [1.165, 1.54) is 38.6 Å². The van der Waals surface area contributed by atoms with Crippen LogP contribution in [0.2, 0.25) is 0 Å². The van der Waals surface area contributed by atoms with Gasteiger partial charge in [0.25, 0.3) is 0 Å². The van der Waals surface area contributed by atoms with E-state index in [-0.39, 0.29) is 5.54 Å². The molecule has 2 N–H and O–H groups in total. The van der Waals surface area contributed by atoms with Crippen LogP contribution in [0.4, 0.5) is 0 Å². The molecule has 0 heterocycles. The molecule has 17 heavy (non-hydrogen) atoms. The van der Waals surface area contributed by atoms with Crippen molar-refractivity contribution in [1.82, 2.24) is 10.6 Å². The van der Waals surface area contributed by atoms with Crippen LogP contribution in [0.1, 0.15) is 59.8 Å². The molecular formula is C15H32N2. The van der Waals surface area contributed by atoms with E-state index in [1.807, 2.05) is 0 Å². The highest BCUT2D eigenvalue weighted by molar-refractivity contribution is 4.72. The molecule has 0 spiro atoms. The minimum Gasteiger partial charge on any atom is -0.315 e. The van der Waals surface area contributed by atoms with Gasteiger partial charge in [0.2, 0.25) is 0 Å². The average molecular weight is 240 g/mol. The zero-order chi connectivity index (χ0) is 12.7. The van der Waals surface area contributed by atoms with Crippen LogP contribution in [0, 0.1) is 11.8 Å². The van der Waals surface area contributed by atoms with Gasteiger partial charge < -0.3 is 10.6 Å². The fraction of sp³-hybridized carbons (Fsp3) is 1.00. The highest BCUT2D eigenvalue weighted by atomic mass is 15.0. The van der Waals surface area contributed by atoms with Gasteiger partial charge in [-0.1, -0.05) is 32.6 Å². The lowest BCUT2D eigenvalue weighted by Gasteiger charge is -2.26. The van der Waals surface area contributed by atoms with Gasteiger partial charge in [-0.3, -0.25) is 0 Å². The molecule has 1 aliphatic carbocycles. The molecule has 1 fully saturated rings. The largest absolute Gasteiger partial charge is 0.315 e. The molecule has 0 unspecified atom stereocenters. The lowest BCUT2D eigenvalue weighted by Crippen LogP contribution is -2.40.